The molecule has 0 aliphatic carbocycles. The van der Waals surface area contributed by atoms with E-state index >= 15 is 0 Å². The highest BCUT2D eigenvalue weighted by Gasteiger charge is 2.18. The number of carbonyl (C=O) groups is 1. The first-order valence-electron chi connectivity index (χ1n) is 6.63. The molecule has 1 aromatic heterocycles. The van der Waals surface area contributed by atoms with Gasteiger partial charge in [0, 0.05) is 16.1 Å². The molecule has 0 aliphatic heterocycles. The van der Waals surface area contributed by atoms with Crippen molar-refractivity contribution in [3.63, 3.8) is 0 Å². The number of carbonyl (C=O) groups excluding carboxylic acids is 1. The second-order valence-electron chi connectivity index (χ2n) is 4.96. The first kappa shape index (κ1) is 13.9. The van der Waals surface area contributed by atoms with E-state index in [-0.39, 0.29) is 11.9 Å². The Hall–Kier alpha value is -1.55. The van der Waals surface area contributed by atoms with Crippen LogP contribution in [0.25, 0.3) is 10.1 Å². The average Bonchev–Trinajstić information content (AvgIpc) is 2.69. The third-order valence-electron chi connectivity index (χ3n) is 3.26. The fourth-order valence-electron chi connectivity index (χ4n) is 2.24. The second-order valence-corrected chi connectivity index (χ2v) is 5.98. The van der Waals surface area contributed by atoms with Crippen LogP contribution in [0.3, 0.4) is 0 Å². The van der Waals surface area contributed by atoms with Crippen molar-refractivity contribution in [1.82, 2.24) is 5.32 Å². The minimum atomic E-state index is -0.0564. The first-order chi connectivity index (χ1) is 9.04. The topological polar surface area (TPSA) is 55.1 Å². The molecule has 3 nitrogen and oxygen atoms in total. The standard InChI is InChI=1S/C15H20N2OS/c1-4-6-10(3)17-15(18)14-12(16)11-8-5-7-9(2)13(11)19-14/h5,7-8,10H,4,6,16H2,1-3H3,(H,17,18). The van der Waals surface area contributed by atoms with Crippen molar-refractivity contribution in [2.45, 2.75) is 39.7 Å². The van der Waals surface area contributed by atoms with E-state index in [0.29, 0.717) is 10.6 Å². The van der Waals surface area contributed by atoms with E-state index in [1.807, 2.05) is 32.0 Å². The highest BCUT2D eigenvalue weighted by Crippen LogP contribution is 2.35. The van der Waals surface area contributed by atoms with Crippen molar-refractivity contribution < 1.29 is 4.79 Å². The molecule has 1 unspecified atom stereocenters. The van der Waals surface area contributed by atoms with Gasteiger partial charge in [-0.2, -0.15) is 0 Å². The van der Waals surface area contributed by atoms with Gasteiger partial charge in [-0.3, -0.25) is 4.79 Å². The van der Waals surface area contributed by atoms with Gasteiger partial charge >= 0.3 is 0 Å². The predicted molar refractivity (Wildman–Crippen MR) is 82.8 cm³/mol. The molecule has 0 spiro atoms. The number of nitrogens with two attached hydrogens (primary N) is 1. The highest BCUT2D eigenvalue weighted by molar-refractivity contribution is 7.21. The van der Waals surface area contributed by atoms with E-state index in [1.165, 1.54) is 11.3 Å². The van der Waals surface area contributed by atoms with Crippen molar-refractivity contribution in [2.24, 2.45) is 0 Å². The number of hydrogen-bond donors (Lipinski definition) is 2. The number of aryl methyl sites for hydroxylation is 1. The first-order valence-corrected chi connectivity index (χ1v) is 7.44. The molecule has 0 aliphatic rings. The Labute approximate surface area is 117 Å². The summed E-state index contributed by atoms with van der Waals surface area (Å²) in [5.41, 5.74) is 7.87. The Morgan fingerprint density at radius 1 is 1.47 bits per heavy atom. The maximum absolute atomic E-state index is 12.3. The van der Waals surface area contributed by atoms with E-state index in [1.54, 1.807) is 0 Å². The summed E-state index contributed by atoms with van der Waals surface area (Å²) in [7, 11) is 0. The normalized spacial score (nSPS) is 12.6. The van der Waals surface area contributed by atoms with Crippen LogP contribution in [0.15, 0.2) is 18.2 Å². The van der Waals surface area contributed by atoms with Gasteiger partial charge in [-0.15, -0.1) is 11.3 Å². The van der Waals surface area contributed by atoms with E-state index in [9.17, 15) is 4.79 Å². The average molecular weight is 276 g/mol. The summed E-state index contributed by atoms with van der Waals surface area (Å²) in [6.07, 6.45) is 2.04. The smallest absolute Gasteiger partial charge is 0.263 e. The summed E-state index contributed by atoms with van der Waals surface area (Å²) in [5, 5.41) is 3.99. The molecule has 1 aromatic carbocycles. The monoisotopic (exact) mass is 276 g/mol. The molecule has 1 atom stereocenters. The SMILES string of the molecule is CCCC(C)NC(=O)c1sc2c(C)cccc2c1N. The molecule has 4 heteroatoms. The van der Waals surface area contributed by atoms with Crippen LogP contribution < -0.4 is 11.1 Å². The number of nitrogen functional groups attached to an aromatic ring is 1. The van der Waals surface area contributed by atoms with Crippen molar-refractivity contribution in [2.75, 3.05) is 5.73 Å². The predicted octanol–water partition coefficient (Wildman–Crippen LogP) is 3.71. The van der Waals surface area contributed by atoms with Gasteiger partial charge in [-0.05, 0) is 25.8 Å². The quantitative estimate of drug-likeness (QED) is 0.894. The molecule has 2 rings (SSSR count). The molecule has 0 bridgehead atoms. The third-order valence-corrected chi connectivity index (χ3v) is 4.61. The highest BCUT2D eigenvalue weighted by atomic mass is 32.1. The maximum atomic E-state index is 12.3. The molecule has 0 saturated carbocycles. The Bertz CT molecular complexity index is 603. The number of anilines is 1. The lowest BCUT2D eigenvalue weighted by Crippen LogP contribution is -2.32. The van der Waals surface area contributed by atoms with Gasteiger partial charge < -0.3 is 11.1 Å². The molecule has 102 valence electrons. The van der Waals surface area contributed by atoms with Gasteiger partial charge in [0.1, 0.15) is 4.88 Å². The summed E-state index contributed by atoms with van der Waals surface area (Å²) in [4.78, 5) is 12.9. The number of fused-ring (bicyclic) bond motifs is 1. The van der Waals surface area contributed by atoms with Crippen LogP contribution in [0.1, 0.15) is 41.9 Å². The van der Waals surface area contributed by atoms with Gasteiger partial charge in [0.2, 0.25) is 0 Å². The van der Waals surface area contributed by atoms with E-state index < -0.39 is 0 Å². The van der Waals surface area contributed by atoms with E-state index in [4.69, 9.17) is 5.73 Å². The fourth-order valence-corrected chi connectivity index (χ4v) is 3.34. The Kier molecular flexibility index (Phi) is 4.10. The second kappa shape index (κ2) is 5.61. The number of amides is 1. The number of nitrogens with one attached hydrogen (secondary N) is 1. The summed E-state index contributed by atoms with van der Waals surface area (Å²) in [5.74, 6) is -0.0564. The molecule has 2 aromatic rings. The molecule has 19 heavy (non-hydrogen) atoms. The molecule has 0 fully saturated rings. The zero-order chi connectivity index (χ0) is 14.0. The van der Waals surface area contributed by atoms with Crippen LogP contribution >= 0.6 is 11.3 Å². The molecule has 0 saturated heterocycles. The minimum Gasteiger partial charge on any atom is -0.397 e. The van der Waals surface area contributed by atoms with Crippen LogP contribution in [0, 0.1) is 6.92 Å². The minimum absolute atomic E-state index is 0.0564. The Morgan fingerprint density at radius 2 is 2.21 bits per heavy atom. The van der Waals surface area contributed by atoms with Gasteiger partial charge in [0.15, 0.2) is 0 Å². The summed E-state index contributed by atoms with van der Waals surface area (Å²) < 4.78 is 1.10. The number of thiophene rings is 1. The Balaban J connectivity index is 2.32. The summed E-state index contributed by atoms with van der Waals surface area (Å²) in [6.45, 7) is 6.18. The molecule has 1 amide bonds. The van der Waals surface area contributed by atoms with Crippen LogP contribution in [0.2, 0.25) is 0 Å². The van der Waals surface area contributed by atoms with Crippen molar-refractivity contribution in [1.29, 1.82) is 0 Å². The van der Waals surface area contributed by atoms with Crippen molar-refractivity contribution in [3.05, 3.63) is 28.6 Å². The largest absolute Gasteiger partial charge is 0.397 e. The fraction of sp³-hybridized carbons (Fsp3) is 0.400. The van der Waals surface area contributed by atoms with Crippen LogP contribution in [-0.2, 0) is 0 Å². The van der Waals surface area contributed by atoms with E-state index in [0.717, 1.165) is 28.5 Å². The molecular formula is C15H20N2OS. The summed E-state index contributed by atoms with van der Waals surface area (Å²) in [6, 6.07) is 6.17. The van der Waals surface area contributed by atoms with Gasteiger partial charge in [0.25, 0.3) is 5.91 Å². The molecule has 3 N–H and O–H groups in total. The van der Waals surface area contributed by atoms with Gasteiger partial charge in [-0.1, -0.05) is 31.5 Å². The van der Waals surface area contributed by atoms with Gasteiger partial charge in [-0.25, -0.2) is 0 Å². The van der Waals surface area contributed by atoms with Crippen LogP contribution in [0.4, 0.5) is 5.69 Å². The van der Waals surface area contributed by atoms with Crippen LogP contribution in [-0.4, -0.2) is 11.9 Å². The number of benzene rings is 1. The molecule has 1 heterocycles. The zero-order valence-corrected chi connectivity index (χ0v) is 12.4. The lowest BCUT2D eigenvalue weighted by molar-refractivity contribution is 0.0943. The molecule has 0 radical (unpaired) electrons. The zero-order valence-electron chi connectivity index (χ0n) is 11.6. The van der Waals surface area contributed by atoms with E-state index in [2.05, 4.69) is 12.2 Å². The summed E-state index contributed by atoms with van der Waals surface area (Å²) >= 11 is 1.48. The lowest BCUT2D eigenvalue weighted by Gasteiger charge is -2.11. The van der Waals surface area contributed by atoms with Gasteiger partial charge in [0.05, 0.1) is 5.69 Å². The number of hydrogen-bond acceptors (Lipinski definition) is 3. The van der Waals surface area contributed by atoms with Crippen molar-refractivity contribution in [3.8, 4) is 0 Å². The lowest BCUT2D eigenvalue weighted by atomic mass is 10.1. The van der Waals surface area contributed by atoms with Crippen LogP contribution in [0.5, 0.6) is 0 Å². The molecular weight excluding hydrogens is 256 g/mol. The van der Waals surface area contributed by atoms with Crippen molar-refractivity contribution >= 4 is 33.0 Å². The Morgan fingerprint density at radius 3 is 2.84 bits per heavy atom. The number of rotatable bonds is 4. The maximum Gasteiger partial charge on any atom is 0.263 e. The third kappa shape index (κ3) is 2.73.